The second-order valence-corrected chi connectivity index (χ2v) is 4.17. The van der Waals surface area contributed by atoms with Crippen molar-refractivity contribution in [2.75, 3.05) is 0 Å². The second-order valence-electron chi connectivity index (χ2n) is 4.17. The third kappa shape index (κ3) is 1.30. The number of hydrogen-bond acceptors (Lipinski definition) is 2. The highest BCUT2D eigenvalue weighted by Crippen LogP contribution is 2.55. The lowest BCUT2D eigenvalue weighted by Gasteiger charge is -2.10. The summed E-state index contributed by atoms with van der Waals surface area (Å²) in [6.45, 7) is 0. The van der Waals surface area contributed by atoms with Crippen molar-refractivity contribution >= 4 is 0 Å². The van der Waals surface area contributed by atoms with Crippen molar-refractivity contribution in [3.63, 3.8) is 0 Å². The van der Waals surface area contributed by atoms with Crippen LogP contribution in [-0.2, 0) is 0 Å². The van der Waals surface area contributed by atoms with E-state index >= 15 is 0 Å². The minimum atomic E-state index is -0.0952. The Labute approximate surface area is 67.2 Å². The number of rotatable bonds is 0. The van der Waals surface area contributed by atoms with E-state index in [9.17, 15) is 10.2 Å². The molecule has 64 valence electrons. The molecule has 1 spiro atoms. The molecule has 0 aliphatic heterocycles. The van der Waals surface area contributed by atoms with Crippen LogP contribution in [0.2, 0.25) is 0 Å². The molecule has 0 radical (unpaired) electrons. The predicted octanol–water partition coefficient (Wildman–Crippen LogP) is 1.06. The molecule has 0 aromatic heterocycles. The maximum atomic E-state index is 9.37. The Kier molecular flexibility index (Phi) is 1.69. The van der Waals surface area contributed by atoms with Crippen LogP contribution in [0.1, 0.15) is 38.5 Å². The number of aliphatic hydroxyl groups is 2. The van der Waals surface area contributed by atoms with Gasteiger partial charge in [-0.25, -0.2) is 0 Å². The lowest BCUT2D eigenvalue weighted by atomic mass is 9.97. The minimum Gasteiger partial charge on any atom is -0.393 e. The van der Waals surface area contributed by atoms with Crippen LogP contribution in [0.5, 0.6) is 0 Å². The topological polar surface area (TPSA) is 40.5 Å². The first kappa shape index (κ1) is 7.56. The molecular weight excluding hydrogens is 140 g/mol. The Morgan fingerprint density at radius 2 is 1.82 bits per heavy atom. The van der Waals surface area contributed by atoms with Crippen LogP contribution >= 0.6 is 0 Å². The maximum Gasteiger partial charge on any atom is 0.0603 e. The highest BCUT2D eigenvalue weighted by atomic mass is 16.3. The van der Waals surface area contributed by atoms with Crippen LogP contribution in [0.25, 0.3) is 0 Å². The summed E-state index contributed by atoms with van der Waals surface area (Å²) < 4.78 is 0. The van der Waals surface area contributed by atoms with Gasteiger partial charge in [0.05, 0.1) is 12.2 Å². The molecule has 2 N–H and O–H groups in total. The van der Waals surface area contributed by atoms with E-state index in [0.29, 0.717) is 0 Å². The molecule has 3 unspecified atom stereocenters. The van der Waals surface area contributed by atoms with Crippen LogP contribution in [0.3, 0.4) is 0 Å². The Morgan fingerprint density at radius 1 is 1.09 bits per heavy atom. The maximum absolute atomic E-state index is 9.37. The molecule has 0 amide bonds. The molecule has 0 saturated heterocycles. The first-order valence-electron chi connectivity index (χ1n) is 4.59. The van der Waals surface area contributed by atoms with Crippen molar-refractivity contribution in [3.05, 3.63) is 0 Å². The summed E-state index contributed by atoms with van der Waals surface area (Å²) >= 11 is 0. The second kappa shape index (κ2) is 2.46. The van der Waals surface area contributed by atoms with Crippen molar-refractivity contribution < 1.29 is 10.2 Å². The van der Waals surface area contributed by atoms with E-state index in [1.807, 2.05) is 0 Å². The van der Waals surface area contributed by atoms with Crippen molar-refractivity contribution in [3.8, 4) is 0 Å². The van der Waals surface area contributed by atoms with Gasteiger partial charge in [-0.3, -0.25) is 0 Å². The Balaban J connectivity index is 1.95. The quantitative estimate of drug-likeness (QED) is 0.550. The van der Waals surface area contributed by atoms with E-state index in [1.54, 1.807) is 0 Å². The fourth-order valence-electron chi connectivity index (χ4n) is 2.28. The Morgan fingerprint density at radius 3 is 2.45 bits per heavy atom. The summed E-state index contributed by atoms with van der Waals surface area (Å²) in [6, 6.07) is 0. The lowest BCUT2D eigenvalue weighted by molar-refractivity contribution is 0.151. The van der Waals surface area contributed by atoms with Crippen molar-refractivity contribution in [1.29, 1.82) is 0 Å². The molecule has 0 heterocycles. The van der Waals surface area contributed by atoms with Crippen molar-refractivity contribution in [1.82, 2.24) is 0 Å². The van der Waals surface area contributed by atoms with Crippen LogP contribution < -0.4 is 0 Å². The highest BCUT2D eigenvalue weighted by molar-refractivity contribution is 5.03. The van der Waals surface area contributed by atoms with E-state index < -0.39 is 0 Å². The van der Waals surface area contributed by atoms with Gasteiger partial charge in [0.15, 0.2) is 0 Å². The van der Waals surface area contributed by atoms with Gasteiger partial charge in [0.25, 0.3) is 0 Å². The van der Waals surface area contributed by atoms with Gasteiger partial charge < -0.3 is 10.2 Å². The summed E-state index contributed by atoms with van der Waals surface area (Å²) in [7, 11) is 0. The van der Waals surface area contributed by atoms with Gasteiger partial charge in [-0.05, 0) is 37.5 Å². The molecule has 2 aliphatic carbocycles. The van der Waals surface area contributed by atoms with Crippen LogP contribution in [-0.4, -0.2) is 22.4 Å². The molecule has 0 bridgehead atoms. The molecule has 2 fully saturated rings. The zero-order valence-electron chi connectivity index (χ0n) is 6.79. The molecule has 2 rings (SSSR count). The first-order chi connectivity index (χ1) is 5.23. The largest absolute Gasteiger partial charge is 0.393 e. The monoisotopic (exact) mass is 156 g/mol. The van der Waals surface area contributed by atoms with Crippen LogP contribution in [0, 0.1) is 5.41 Å². The number of hydrogen-bond donors (Lipinski definition) is 2. The van der Waals surface area contributed by atoms with Gasteiger partial charge in [-0.1, -0.05) is 6.42 Å². The molecule has 2 nitrogen and oxygen atoms in total. The van der Waals surface area contributed by atoms with E-state index in [0.717, 1.165) is 38.5 Å². The molecule has 0 aromatic rings. The van der Waals surface area contributed by atoms with Crippen molar-refractivity contribution in [2.24, 2.45) is 5.41 Å². The molecule has 3 atom stereocenters. The third-order valence-corrected chi connectivity index (χ3v) is 3.33. The summed E-state index contributed by atoms with van der Waals surface area (Å²) in [4.78, 5) is 0. The average molecular weight is 156 g/mol. The smallest absolute Gasteiger partial charge is 0.0603 e. The van der Waals surface area contributed by atoms with Gasteiger partial charge in [0.1, 0.15) is 0 Å². The van der Waals surface area contributed by atoms with Crippen molar-refractivity contribution in [2.45, 2.75) is 50.7 Å². The normalized spacial score (nSPS) is 50.7. The summed E-state index contributed by atoms with van der Waals surface area (Å²) in [5.74, 6) is 0. The minimum absolute atomic E-state index is 0.0483. The van der Waals surface area contributed by atoms with Gasteiger partial charge in [0.2, 0.25) is 0 Å². The van der Waals surface area contributed by atoms with E-state index in [2.05, 4.69) is 0 Å². The van der Waals surface area contributed by atoms with E-state index in [-0.39, 0.29) is 17.6 Å². The van der Waals surface area contributed by atoms with Crippen LogP contribution in [0.4, 0.5) is 0 Å². The zero-order chi connectivity index (χ0) is 7.90. The van der Waals surface area contributed by atoms with Gasteiger partial charge in [-0.2, -0.15) is 0 Å². The molecule has 0 aromatic carbocycles. The zero-order valence-corrected chi connectivity index (χ0v) is 6.79. The molecule has 11 heavy (non-hydrogen) atoms. The SMILES string of the molecule is OC1CCCC2(CC1)CC2O. The standard InChI is InChI=1S/C9H16O2/c10-7-2-1-4-9(5-3-7)6-8(9)11/h7-8,10-11H,1-6H2. The summed E-state index contributed by atoms with van der Waals surface area (Å²) in [6.07, 6.45) is 5.94. The number of aliphatic hydroxyl groups excluding tert-OH is 2. The molecule has 2 saturated carbocycles. The van der Waals surface area contributed by atoms with Gasteiger partial charge >= 0.3 is 0 Å². The fraction of sp³-hybridized carbons (Fsp3) is 1.00. The summed E-state index contributed by atoms with van der Waals surface area (Å²) in [5, 5.41) is 18.7. The first-order valence-corrected chi connectivity index (χ1v) is 4.59. The average Bonchev–Trinajstić information content (AvgIpc) is 2.62. The van der Waals surface area contributed by atoms with Crippen LogP contribution in [0.15, 0.2) is 0 Å². The van der Waals surface area contributed by atoms with E-state index in [1.165, 1.54) is 0 Å². The molecular formula is C9H16O2. The predicted molar refractivity (Wildman–Crippen MR) is 42.1 cm³/mol. The molecule has 2 aliphatic rings. The van der Waals surface area contributed by atoms with Gasteiger partial charge in [0, 0.05) is 0 Å². The molecule has 2 heteroatoms. The highest BCUT2D eigenvalue weighted by Gasteiger charge is 2.52. The Hall–Kier alpha value is -0.0800. The third-order valence-electron chi connectivity index (χ3n) is 3.33. The van der Waals surface area contributed by atoms with E-state index in [4.69, 9.17) is 0 Å². The summed E-state index contributed by atoms with van der Waals surface area (Å²) in [5.41, 5.74) is 0.248. The lowest BCUT2D eigenvalue weighted by Crippen LogP contribution is -2.07. The van der Waals surface area contributed by atoms with Gasteiger partial charge in [-0.15, -0.1) is 0 Å². The fourth-order valence-corrected chi connectivity index (χ4v) is 2.28. The Bertz CT molecular complexity index is 156.